The average molecular weight is 504 g/mol. The van der Waals surface area contributed by atoms with Crippen LogP contribution in [0.4, 0.5) is 8.78 Å². The van der Waals surface area contributed by atoms with Gasteiger partial charge in [0.15, 0.2) is 11.6 Å². The molecule has 1 atom stereocenters. The third-order valence-corrected chi connectivity index (χ3v) is 6.61. The number of nitriles is 1. The second kappa shape index (κ2) is 9.95. The molecule has 0 spiro atoms. The number of nitrogens with zero attached hydrogens (tertiary/aromatic N) is 5. The molecular formula is C27H23F2N5O3. The standard InChI is InChI=1S/C27H23F2N5O3/c1-33-23-11-17(27(35)36)3-6-22(23)32-25(33)14-34-9-8-18(13-34)26-20(28)5-4-19(31-26)15-37-24-7-2-16(12-30)10-21(24)29/h2-7,10-11,18H,8-9,13-15H2,1H3,(H,35,36). The monoisotopic (exact) mass is 503 g/mol. The van der Waals surface area contributed by atoms with Crippen molar-refractivity contribution in [3.63, 3.8) is 0 Å². The van der Waals surface area contributed by atoms with Gasteiger partial charge in [-0.25, -0.2) is 18.6 Å². The van der Waals surface area contributed by atoms with Gasteiger partial charge in [-0.15, -0.1) is 0 Å². The fourth-order valence-corrected chi connectivity index (χ4v) is 4.62. The summed E-state index contributed by atoms with van der Waals surface area (Å²) in [6.07, 6.45) is 0.714. The summed E-state index contributed by atoms with van der Waals surface area (Å²) >= 11 is 0. The topological polar surface area (TPSA) is 104 Å². The Bertz CT molecular complexity index is 1550. The van der Waals surface area contributed by atoms with Crippen LogP contribution < -0.4 is 4.74 Å². The first kappa shape index (κ1) is 24.3. The summed E-state index contributed by atoms with van der Waals surface area (Å²) < 4.78 is 36.2. The maximum atomic E-state index is 14.7. The zero-order chi connectivity index (χ0) is 26.1. The fraction of sp³-hybridized carbons (Fsp3) is 0.259. The van der Waals surface area contributed by atoms with Crippen LogP contribution in [0.15, 0.2) is 48.5 Å². The average Bonchev–Trinajstić information content (AvgIpc) is 3.48. The van der Waals surface area contributed by atoms with E-state index in [1.165, 1.54) is 30.3 Å². The lowest BCUT2D eigenvalue weighted by Gasteiger charge is -2.16. The van der Waals surface area contributed by atoms with Crippen molar-refractivity contribution in [1.29, 1.82) is 5.26 Å². The number of carboxylic acids is 1. The number of aryl methyl sites for hydroxylation is 1. The minimum absolute atomic E-state index is 0.00311. The van der Waals surface area contributed by atoms with E-state index in [1.807, 2.05) is 17.7 Å². The molecule has 2 aromatic heterocycles. The molecule has 5 rings (SSSR count). The Morgan fingerprint density at radius 2 is 2.00 bits per heavy atom. The van der Waals surface area contributed by atoms with Crippen LogP contribution in [0.2, 0.25) is 0 Å². The van der Waals surface area contributed by atoms with Crippen molar-refractivity contribution in [1.82, 2.24) is 19.4 Å². The highest BCUT2D eigenvalue weighted by Crippen LogP contribution is 2.30. The summed E-state index contributed by atoms with van der Waals surface area (Å²) in [6, 6.07) is 13.5. The third-order valence-electron chi connectivity index (χ3n) is 6.61. The minimum atomic E-state index is -0.990. The summed E-state index contributed by atoms with van der Waals surface area (Å²) in [7, 11) is 1.85. The first-order chi connectivity index (χ1) is 17.8. The first-order valence-corrected chi connectivity index (χ1v) is 11.7. The number of carbonyl (C=O) groups is 1. The smallest absolute Gasteiger partial charge is 0.335 e. The Hall–Kier alpha value is -4.36. The Balaban J connectivity index is 1.27. The van der Waals surface area contributed by atoms with Crippen LogP contribution in [0.5, 0.6) is 5.75 Å². The van der Waals surface area contributed by atoms with Crippen LogP contribution in [-0.4, -0.2) is 43.6 Å². The zero-order valence-corrected chi connectivity index (χ0v) is 20.0. The number of imidazole rings is 1. The van der Waals surface area contributed by atoms with E-state index < -0.39 is 17.6 Å². The minimum Gasteiger partial charge on any atom is -0.484 e. The molecule has 10 heteroatoms. The molecule has 1 saturated heterocycles. The molecule has 1 N–H and O–H groups in total. The number of aromatic nitrogens is 3. The van der Waals surface area contributed by atoms with Gasteiger partial charge in [0, 0.05) is 19.5 Å². The molecule has 0 bridgehead atoms. The molecular weight excluding hydrogens is 480 g/mol. The van der Waals surface area contributed by atoms with E-state index in [0.29, 0.717) is 30.9 Å². The highest BCUT2D eigenvalue weighted by Gasteiger charge is 2.28. The number of hydrogen-bond donors (Lipinski definition) is 1. The molecule has 188 valence electrons. The van der Waals surface area contributed by atoms with Crippen molar-refractivity contribution in [2.24, 2.45) is 7.05 Å². The highest BCUT2D eigenvalue weighted by atomic mass is 19.1. The van der Waals surface area contributed by atoms with Crippen LogP contribution in [0.25, 0.3) is 11.0 Å². The summed E-state index contributed by atoms with van der Waals surface area (Å²) in [5, 5.41) is 18.1. The van der Waals surface area contributed by atoms with E-state index >= 15 is 0 Å². The van der Waals surface area contributed by atoms with E-state index in [1.54, 1.807) is 12.1 Å². The number of benzene rings is 2. The third kappa shape index (κ3) is 4.99. The summed E-state index contributed by atoms with van der Waals surface area (Å²) in [6.45, 7) is 1.81. The Morgan fingerprint density at radius 3 is 2.76 bits per heavy atom. The molecule has 37 heavy (non-hydrogen) atoms. The van der Waals surface area contributed by atoms with Crippen molar-refractivity contribution in [3.8, 4) is 11.8 Å². The first-order valence-electron chi connectivity index (χ1n) is 11.7. The number of likely N-dealkylation sites (tertiary alicyclic amines) is 1. The summed E-state index contributed by atoms with van der Waals surface area (Å²) in [5.41, 5.74) is 2.68. The molecule has 8 nitrogen and oxygen atoms in total. The van der Waals surface area contributed by atoms with Gasteiger partial charge in [0.1, 0.15) is 18.2 Å². The molecule has 1 aliphatic rings. The van der Waals surface area contributed by atoms with Gasteiger partial charge in [-0.3, -0.25) is 9.88 Å². The maximum absolute atomic E-state index is 14.7. The highest BCUT2D eigenvalue weighted by molar-refractivity contribution is 5.92. The van der Waals surface area contributed by atoms with Gasteiger partial charge < -0.3 is 14.4 Å². The number of pyridine rings is 1. The lowest BCUT2D eigenvalue weighted by atomic mass is 10.0. The summed E-state index contributed by atoms with van der Waals surface area (Å²) in [4.78, 5) is 22.6. The van der Waals surface area contributed by atoms with Crippen molar-refractivity contribution in [2.45, 2.75) is 25.5 Å². The predicted octanol–water partition coefficient (Wildman–Crippen LogP) is 4.38. The van der Waals surface area contributed by atoms with Crippen LogP contribution in [0.1, 0.15) is 45.5 Å². The second-order valence-corrected chi connectivity index (χ2v) is 9.03. The molecule has 1 fully saturated rings. The predicted molar refractivity (Wildman–Crippen MR) is 130 cm³/mol. The zero-order valence-electron chi connectivity index (χ0n) is 20.0. The molecule has 0 saturated carbocycles. The number of fused-ring (bicyclic) bond motifs is 1. The number of aromatic carboxylic acids is 1. The second-order valence-electron chi connectivity index (χ2n) is 9.03. The molecule has 2 aromatic carbocycles. The number of halogens is 2. The number of hydrogen-bond acceptors (Lipinski definition) is 6. The quantitative estimate of drug-likeness (QED) is 0.399. The van der Waals surface area contributed by atoms with Crippen LogP contribution in [-0.2, 0) is 20.2 Å². The number of ether oxygens (including phenoxy) is 1. The molecule has 0 radical (unpaired) electrons. The van der Waals surface area contributed by atoms with Gasteiger partial charge in [0.25, 0.3) is 0 Å². The lowest BCUT2D eigenvalue weighted by molar-refractivity contribution is 0.0697. The van der Waals surface area contributed by atoms with Crippen LogP contribution in [0, 0.1) is 23.0 Å². The van der Waals surface area contributed by atoms with Crippen molar-refractivity contribution < 1.29 is 23.4 Å². The number of carboxylic acid groups (broad SMARTS) is 1. The normalized spacial score (nSPS) is 15.7. The SMILES string of the molecule is Cn1c(CN2CCC(c3nc(COc4ccc(C#N)cc4F)ccc3F)C2)nc2ccc(C(=O)O)cc21. The Labute approximate surface area is 211 Å². The van der Waals surface area contributed by atoms with E-state index in [0.717, 1.165) is 29.5 Å². The van der Waals surface area contributed by atoms with E-state index in [2.05, 4.69) is 14.9 Å². The van der Waals surface area contributed by atoms with Crippen LogP contribution in [0.3, 0.4) is 0 Å². The number of rotatable bonds is 7. The van der Waals surface area contributed by atoms with E-state index in [4.69, 9.17) is 10.00 Å². The van der Waals surface area contributed by atoms with Crippen molar-refractivity contribution >= 4 is 17.0 Å². The lowest BCUT2D eigenvalue weighted by Crippen LogP contribution is -2.22. The fourth-order valence-electron chi connectivity index (χ4n) is 4.62. The Kier molecular flexibility index (Phi) is 6.54. The van der Waals surface area contributed by atoms with Gasteiger partial charge >= 0.3 is 5.97 Å². The Morgan fingerprint density at radius 1 is 1.16 bits per heavy atom. The molecule has 4 aromatic rings. The van der Waals surface area contributed by atoms with Crippen molar-refractivity contribution in [3.05, 3.63) is 88.5 Å². The molecule has 1 unspecified atom stereocenters. The van der Waals surface area contributed by atoms with Crippen molar-refractivity contribution in [2.75, 3.05) is 13.1 Å². The molecule has 3 heterocycles. The van der Waals surface area contributed by atoms with Crippen LogP contribution >= 0.6 is 0 Å². The molecule has 0 aliphatic carbocycles. The summed E-state index contributed by atoms with van der Waals surface area (Å²) in [5.74, 6) is -1.37. The molecule has 0 amide bonds. The maximum Gasteiger partial charge on any atom is 0.335 e. The molecule has 1 aliphatic heterocycles. The van der Waals surface area contributed by atoms with Gasteiger partial charge in [0.05, 0.1) is 46.2 Å². The largest absolute Gasteiger partial charge is 0.484 e. The van der Waals surface area contributed by atoms with E-state index in [-0.39, 0.29) is 29.4 Å². The van der Waals surface area contributed by atoms with Gasteiger partial charge in [-0.1, -0.05) is 0 Å². The van der Waals surface area contributed by atoms with Gasteiger partial charge in [-0.2, -0.15) is 5.26 Å². The van der Waals surface area contributed by atoms with E-state index in [9.17, 15) is 18.7 Å². The van der Waals surface area contributed by atoms with Gasteiger partial charge in [0.2, 0.25) is 0 Å². The van der Waals surface area contributed by atoms with Gasteiger partial charge in [-0.05, 0) is 61.5 Å².